The maximum Gasteiger partial charge on any atom is 0.520 e. The third-order valence-electron chi connectivity index (χ3n) is 3.28. The Morgan fingerprint density at radius 3 is 2.63 bits per heavy atom. The van der Waals surface area contributed by atoms with Crippen molar-refractivity contribution in [3.05, 3.63) is 24.6 Å². The third-order valence-corrected chi connectivity index (χ3v) is 7.32. The number of phosphoric acid groups is 2. The molecule has 3 rings (SSSR count). The van der Waals surface area contributed by atoms with E-state index in [9.17, 15) is 23.3 Å². The van der Waals surface area contributed by atoms with Gasteiger partial charge in [0.1, 0.15) is 11.8 Å². The van der Waals surface area contributed by atoms with Crippen LogP contribution < -0.4 is 5.73 Å². The first kappa shape index (κ1) is 23.2. The predicted octanol–water partition coefficient (Wildman–Crippen LogP) is 0.0644. The van der Waals surface area contributed by atoms with Crippen molar-refractivity contribution in [2.75, 3.05) is 12.1 Å². The van der Waals surface area contributed by atoms with Crippen LogP contribution in [-0.4, -0.2) is 56.6 Å². The maximum absolute atomic E-state index is 14.3. The van der Waals surface area contributed by atoms with Gasteiger partial charge in [-0.3, -0.25) is 9.46 Å². The summed E-state index contributed by atoms with van der Waals surface area (Å²) in [7, 11) is -15.9. The summed E-state index contributed by atoms with van der Waals surface area (Å²) in [5.41, 5.74) is 5.97. The molecule has 2 aromatic heterocycles. The van der Waals surface area contributed by atoms with Crippen molar-refractivity contribution in [3.8, 4) is 0 Å². The third kappa shape index (κ3) is 5.62. The van der Waals surface area contributed by atoms with Gasteiger partial charge in [-0.05, 0) is 0 Å². The fraction of sp³-hybridized carbons (Fsp3) is 0.300. The van der Waals surface area contributed by atoms with Crippen LogP contribution in [0, 0.1) is 0 Å². The van der Waals surface area contributed by atoms with Crippen LogP contribution in [0.15, 0.2) is 24.6 Å². The summed E-state index contributed by atoms with van der Waals surface area (Å²) < 4.78 is 55.0. The van der Waals surface area contributed by atoms with E-state index in [0.717, 1.165) is 17.0 Å². The van der Waals surface area contributed by atoms with Gasteiger partial charge in [-0.1, -0.05) is 4.31 Å². The molecule has 20 heteroatoms. The van der Waals surface area contributed by atoms with Crippen molar-refractivity contribution in [1.82, 2.24) is 19.5 Å². The average molecular weight is 492 g/mol. The number of halogens is 1. The van der Waals surface area contributed by atoms with Crippen LogP contribution in [0.4, 0.5) is 10.2 Å². The molecular formula is C10H14FN5O11P3+. The van der Waals surface area contributed by atoms with Gasteiger partial charge in [-0.15, -0.1) is 0 Å². The summed E-state index contributed by atoms with van der Waals surface area (Å²) in [4.78, 5) is 57.0. The second-order valence-corrected chi connectivity index (χ2v) is 10.4. The molecule has 0 saturated heterocycles. The number of nitrogens with two attached hydrogens (primary N) is 1. The van der Waals surface area contributed by atoms with E-state index in [1.54, 1.807) is 0 Å². The van der Waals surface area contributed by atoms with Gasteiger partial charge in [0.2, 0.25) is 6.35 Å². The van der Waals surface area contributed by atoms with Gasteiger partial charge in [0.05, 0.1) is 6.33 Å². The molecule has 3 unspecified atom stereocenters. The van der Waals surface area contributed by atoms with E-state index in [0.29, 0.717) is 0 Å². The number of imidazole rings is 1. The molecule has 7 N–H and O–H groups in total. The lowest BCUT2D eigenvalue weighted by atomic mass is 10.4. The Hall–Kier alpha value is -1.45. The van der Waals surface area contributed by atoms with E-state index in [4.69, 9.17) is 29.9 Å². The minimum absolute atomic E-state index is 0.0483. The average Bonchev–Trinajstić information content (AvgIpc) is 3.13. The summed E-state index contributed by atoms with van der Waals surface area (Å²) in [5.74, 6) is -0.818. The Balaban J connectivity index is 1.64. The molecule has 0 aromatic carbocycles. The quantitative estimate of drug-likeness (QED) is 0.267. The van der Waals surface area contributed by atoms with Gasteiger partial charge >= 0.3 is 23.6 Å². The highest BCUT2D eigenvalue weighted by Gasteiger charge is 2.50. The highest BCUT2D eigenvalue weighted by atomic mass is 31.3. The second kappa shape index (κ2) is 8.24. The van der Waals surface area contributed by atoms with Gasteiger partial charge in [0.25, 0.3) is 0 Å². The first-order valence-corrected chi connectivity index (χ1v) is 12.3. The summed E-state index contributed by atoms with van der Waals surface area (Å²) in [6, 6.07) is 0. The van der Waals surface area contributed by atoms with Crippen molar-refractivity contribution >= 4 is 40.6 Å². The number of nitrogen functional groups attached to an aromatic ring is 1. The topological polar surface area (TPSA) is 242 Å². The number of ether oxygens (including phenoxy) is 2. The Kier molecular flexibility index (Phi) is 6.38. The molecule has 0 saturated carbocycles. The molecule has 0 amide bonds. The lowest BCUT2D eigenvalue weighted by Crippen LogP contribution is -2.18. The molecule has 0 aliphatic carbocycles. The molecule has 0 spiro atoms. The lowest BCUT2D eigenvalue weighted by molar-refractivity contribution is -0.131. The normalized spacial score (nSPS) is 22.3. The van der Waals surface area contributed by atoms with E-state index >= 15 is 0 Å². The summed E-state index contributed by atoms with van der Waals surface area (Å²) in [5, 5.41) is 0. The number of anilines is 1. The van der Waals surface area contributed by atoms with Crippen LogP contribution >= 0.6 is 23.6 Å². The number of aromatic nitrogens is 4. The van der Waals surface area contributed by atoms with Crippen LogP contribution in [-0.2, 0) is 27.2 Å². The fourth-order valence-corrected chi connectivity index (χ4v) is 5.59. The summed E-state index contributed by atoms with van der Waals surface area (Å²) in [6.07, 6.45) is -0.997. The van der Waals surface area contributed by atoms with Crippen LogP contribution in [0.5, 0.6) is 0 Å². The van der Waals surface area contributed by atoms with Crippen molar-refractivity contribution in [3.63, 3.8) is 0 Å². The monoisotopic (exact) mass is 492 g/mol. The fourth-order valence-electron chi connectivity index (χ4n) is 2.28. The second-order valence-electron chi connectivity index (χ2n) is 5.57. The molecule has 16 nitrogen and oxygen atoms in total. The van der Waals surface area contributed by atoms with Crippen LogP contribution in [0.1, 0.15) is 6.23 Å². The first-order chi connectivity index (χ1) is 13.8. The zero-order valence-electron chi connectivity index (χ0n) is 14.4. The number of nitrogens with zero attached hydrogens (tertiary/aromatic N) is 4. The van der Waals surface area contributed by atoms with Gasteiger partial charge in [-0.25, -0.2) is 28.5 Å². The number of rotatable bonds is 8. The lowest BCUT2D eigenvalue weighted by Gasteiger charge is -2.18. The number of fused-ring (bicyclic) bond motifs is 1. The van der Waals surface area contributed by atoms with E-state index in [-0.39, 0.29) is 17.0 Å². The zero-order chi connectivity index (χ0) is 22.3. The van der Waals surface area contributed by atoms with E-state index in [1.807, 2.05) is 0 Å². The van der Waals surface area contributed by atoms with Gasteiger partial charge < -0.3 is 25.0 Å². The maximum atomic E-state index is 14.3. The van der Waals surface area contributed by atoms with E-state index in [2.05, 4.69) is 23.6 Å². The minimum atomic E-state index is -5.56. The Bertz CT molecular complexity index is 1070. The highest BCUT2D eigenvalue weighted by molar-refractivity contribution is 7.70. The Morgan fingerprint density at radius 2 is 1.97 bits per heavy atom. The summed E-state index contributed by atoms with van der Waals surface area (Å²) in [6.45, 7) is 0. The molecule has 3 atom stereocenters. The molecular weight excluding hydrogens is 478 g/mol. The van der Waals surface area contributed by atoms with E-state index in [1.165, 1.54) is 6.33 Å². The minimum Gasteiger partial charge on any atom is -0.382 e. The number of hydrogen-bond acceptors (Lipinski definition) is 12. The zero-order valence-corrected chi connectivity index (χ0v) is 17.0. The van der Waals surface area contributed by atoms with Crippen LogP contribution in [0.25, 0.3) is 11.2 Å². The van der Waals surface area contributed by atoms with Crippen molar-refractivity contribution < 1.29 is 56.1 Å². The molecule has 30 heavy (non-hydrogen) atoms. The van der Waals surface area contributed by atoms with Crippen molar-refractivity contribution in [1.29, 1.82) is 0 Å². The molecule has 0 fully saturated rings. The van der Waals surface area contributed by atoms with Crippen LogP contribution in [0.2, 0.25) is 0 Å². The van der Waals surface area contributed by atoms with E-state index < -0.39 is 48.3 Å². The molecule has 1 aliphatic rings. The standard InChI is InChI=1S/C10H13FN5O11P3/c11-5-1-6(24-4-28(17,18)26-30(22,23)27-29(19,20)21)25-10(5)16-3-15-7-8(12)13-2-14-9(7)16/h1-3,6,10,17-18H,4H2,(H4-,12,13,14,19,20,21,22,23)/p+1. The summed E-state index contributed by atoms with van der Waals surface area (Å²) >= 11 is 0. The molecule has 0 bridgehead atoms. The first-order valence-electron chi connectivity index (χ1n) is 7.48. The van der Waals surface area contributed by atoms with Crippen molar-refractivity contribution in [2.24, 2.45) is 0 Å². The molecule has 0 radical (unpaired) electrons. The van der Waals surface area contributed by atoms with Crippen LogP contribution in [0.3, 0.4) is 0 Å². The number of hydrogen-bond donors (Lipinski definition) is 6. The van der Waals surface area contributed by atoms with Gasteiger partial charge in [0, 0.05) is 6.08 Å². The largest absolute Gasteiger partial charge is 0.520 e. The van der Waals surface area contributed by atoms with Gasteiger partial charge in [0.15, 0.2) is 29.8 Å². The molecule has 166 valence electrons. The molecule has 2 aromatic rings. The van der Waals surface area contributed by atoms with Crippen molar-refractivity contribution in [2.45, 2.75) is 12.5 Å². The van der Waals surface area contributed by atoms with Gasteiger partial charge in [-0.2, -0.15) is 14.1 Å². The molecule has 3 heterocycles. The predicted molar refractivity (Wildman–Crippen MR) is 94.2 cm³/mol. The Labute approximate surface area is 166 Å². The molecule has 1 aliphatic heterocycles. The SMILES string of the molecule is Nc1ncnc2c1ncn2C1OC(OC[P+](O)(O)OP(=O)(O)OP(=O)(O)O)C=C1F. The smallest absolute Gasteiger partial charge is 0.382 e. The highest BCUT2D eigenvalue weighted by Crippen LogP contribution is 2.69. The Morgan fingerprint density at radius 1 is 1.27 bits per heavy atom.